The summed E-state index contributed by atoms with van der Waals surface area (Å²) in [7, 11) is 1.65. The average molecular weight is 371 g/mol. The maximum atomic E-state index is 5.74. The van der Waals surface area contributed by atoms with E-state index in [9.17, 15) is 0 Å². The summed E-state index contributed by atoms with van der Waals surface area (Å²) < 4.78 is 18.3. The monoisotopic (exact) mass is 371 g/mol. The molecular formula is C19H21N3O3S. The number of benzene rings is 1. The van der Waals surface area contributed by atoms with Crippen LogP contribution in [0.1, 0.15) is 6.42 Å². The molecule has 0 radical (unpaired) electrons. The molecule has 3 rings (SSSR count). The highest BCUT2D eigenvalue weighted by molar-refractivity contribution is 7.99. The number of methoxy groups -OCH3 is 1. The molecule has 0 unspecified atom stereocenters. The molecule has 2 aromatic heterocycles. The van der Waals surface area contributed by atoms with Gasteiger partial charge < -0.3 is 13.9 Å². The Hall–Kier alpha value is -2.67. The second-order valence-electron chi connectivity index (χ2n) is 5.41. The van der Waals surface area contributed by atoms with Crippen molar-refractivity contribution in [2.45, 2.75) is 18.1 Å². The fourth-order valence-electron chi connectivity index (χ4n) is 2.36. The van der Waals surface area contributed by atoms with Crippen molar-refractivity contribution < 1.29 is 13.9 Å². The Labute approximate surface area is 156 Å². The quantitative estimate of drug-likeness (QED) is 0.301. The van der Waals surface area contributed by atoms with E-state index in [1.165, 1.54) is 0 Å². The van der Waals surface area contributed by atoms with Gasteiger partial charge in [0, 0.05) is 12.3 Å². The number of rotatable bonds is 10. The average Bonchev–Trinajstić information content (AvgIpc) is 3.32. The molecular weight excluding hydrogens is 350 g/mol. The molecule has 0 amide bonds. The van der Waals surface area contributed by atoms with Gasteiger partial charge >= 0.3 is 0 Å². The van der Waals surface area contributed by atoms with Crippen molar-refractivity contribution >= 4 is 11.8 Å². The highest BCUT2D eigenvalue weighted by Crippen LogP contribution is 2.25. The first kappa shape index (κ1) is 18.1. The Morgan fingerprint density at radius 3 is 2.69 bits per heavy atom. The molecule has 3 aromatic rings. The van der Waals surface area contributed by atoms with Crippen molar-refractivity contribution in [3.8, 4) is 23.1 Å². The molecule has 0 atom stereocenters. The standard InChI is InChI=1S/C19H21N3O3S/c1-3-11-22-18(17-6-4-12-25-17)20-21-19(22)26-14-5-13-24-16-9-7-15(23-2)8-10-16/h3-4,6-10,12H,1,5,11,13-14H2,2H3. The van der Waals surface area contributed by atoms with Crippen LogP contribution in [-0.2, 0) is 6.54 Å². The van der Waals surface area contributed by atoms with E-state index < -0.39 is 0 Å². The summed E-state index contributed by atoms with van der Waals surface area (Å²) in [4.78, 5) is 0. The van der Waals surface area contributed by atoms with E-state index in [1.54, 1.807) is 25.1 Å². The van der Waals surface area contributed by atoms with E-state index >= 15 is 0 Å². The van der Waals surface area contributed by atoms with Crippen molar-refractivity contribution in [2.24, 2.45) is 0 Å². The number of allylic oxidation sites excluding steroid dienone is 1. The minimum atomic E-state index is 0.633. The zero-order valence-electron chi connectivity index (χ0n) is 14.6. The second-order valence-corrected chi connectivity index (χ2v) is 6.47. The number of thioether (sulfide) groups is 1. The SMILES string of the molecule is C=CCn1c(SCCCOc2ccc(OC)cc2)nnc1-c1ccco1. The molecule has 0 saturated heterocycles. The molecule has 2 heterocycles. The Bertz CT molecular complexity index is 813. The summed E-state index contributed by atoms with van der Waals surface area (Å²) in [5.41, 5.74) is 0. The first-order valence-electron chi connectivity index (χ1n) is 8.29. The Morgan fingerprint density at radius 2 is 2.00 bits per heavy atom. The van der Waals surface area contributed by atoms with E-state index in [4.69, 9.17) is 13.9 Å². The van der Waals surface area contributed by atoms with Crippen LogP contribution in [0.4, 0.5) is 0 Å². The molecule has 0 aliphatic carbocycles. The first-order valence-corrected chi connectivity index (χ1v) is 9.28. The summed E-state index contributed by atoms with van der Waals surface area (Å²) in [5, 5.41) is 9.37. The van der Waals surface area contributed by atoms with Gasteiger partial charge in [-0.15, -0.1) is 16.8 Å². The van der Waals surface area contributed by atoms with Crippen LogP contribution in [0.2, 0.25) is 0 Å². The van der Waals surface area contributed by atoms with Crippen molar-refractivity contribution in [3.05, 3.63) is 55.3 Å². The van der Waals surface area contributed by atoms with Crippen molar-refractivity contribution in [1.29, 1.82) is 0 Å². The number of ether oxygens (including phenoxy) is 2. The van der Waals surface area contributed by atoms with Gasteiger partial charge in [0.2, 0.25) is 5.82 Å². The van der Waals surface area contributed by atoms with Gasteiger partial charge in [0.1, 0.15) is 11.5 Å². The third kappa shape index (κ3) is 4.49. The topological polar surface area (TPSA) is 62.3 Å². The maximum Gasteiger partial charge on any atom is 0.200 e. The molecule has 0 aliphatic rings. The van der Waals surface area contributed by atoms with Crippen molar-refractivity contribution in [3.63, 3.8) is 0 Å². The molecule has 1 aromatic carbocycles. The molecule has 136 valence electrons. The molecule has 0 N–H and O–H groups in total. The van der Waals surface area contributed by atoms with Crippen LogP contribution >= 0.6 is 11.8 Å². The van der Waals surface area contributed by atoms with Crippen LogP contribution in [0.15, 0.2) is 64.9 Å². The highest BCUT2D eigenvalue weighted by Gasteiger charge is 2.15. The van der Waals surface area contributed by atoms with Gasteiger partial charge in [-0.2, -0.15) is 0 Å². The molecule has 0 fully saturated rings. The predicted molar refractivity (Wildman–Crippen MR) is 102 cm³/mol. The van der Waals surface area contributed by atoms with E-state index in [0.717, 1.165) is 28.8 Å². The summed E-state index contributed by atoms with van der Waals surface area (Å²) >= 11 is 1.65. The van der Waals surface area contributed by atoms with Gasteiger partial charge in [0.05, 0.1) is 20.0 Å². The van der Waals surface area contributed by atoms with Crippen LogP contribution in [0.25, 0.3) is 11.6 Å². The zero-order chi connectivity index (χ0) is 18.2. The van der Waals surface area contributed by atoms with Crippen LogP contribution in [0, 0.1) is 0 Å². The molecule has 0 saturated carbocycles. The van der Waals surface area contributed by atoms with Crippen LogP contribution in [-0.4, -0.2) is 34.2 Å². The Morgan fingerprint density at radius 1 is 1.19 bits per heavy atom. The summed E-state index contributed by atoms with van der Waals surface area (Å²) in [5.74, 6) is 3.96. The second kappa shape index (κ2) is 9.15. The van der Waals surface area contributed by atoms with E-state index in [-0.39, 0.29) is 0 Å². The number of furan rings is 1. The largest absolute Gasteiger partial charge is 0.497 e. The third-order valence-electron chi connectivity index (χ3n) is 3.62. The number of aromatic nitrogens is 3. The number of hydrogen-bond donors (Lipinski definition) is 0. The number of nitrogens with zero attached hydrogens (tertiary/aromatic N) is 3. The highest BCUT2D eigenvalue weighted by atomic mass is 32.2. The van der Waals surface area contributed by atoms with Crippen molar-refractivity contribution in [2.75, 3.05) is 19.5 Å². The fourth-order valence-corrected chi connectivity index (χ4v) is 3.22. The number of hydrogen-bond acceptors (Lipinski definition) is 6. The Balaban J connectivity index is 1.50. The lowest BCUT2D eigenvalue weighted by Crippen LogP contribution is -2.02. The van der Waals surface area contributed by atoms with Gasteiger partial charge in [-0.05, 0) is 42.8 Å². The minimum Gasteiger partial charge on any atom is -0.497 e. The van der Waals surface area contributed by atoms with Crippen LogP contribution in [0.5, 0.6) is 11.5 Å². The summed E-state index contributed by atoms with van der Waals surface area (Å²) in [6, 6.07) is 11.3. The lowest BCUT2D eigenvalue weighted by molar-refractivity contribution is 0.318. The van der Waals surface area contributed by atoms with Crippen LogP contribution < -0.4 is 9.47 Å². The molecule has 7 heteroatoms. The predicted octanol–water partition coefficient (Wildman–Crippen LogP) is 4.29. The van der Waals surface area contributed by atoms with Gasteiger partial charge in [0.25, 0.3) is 0 Å². The van der Waals surface area contributed by atoms with Gasteiger partial charge in [-0.25, -0.2) is 0 Å². The smallest absolute Gasteiger partial charge is 0.200 e. The van der Waals surface area contributed by atoms with Gasteiger partial charge in [-0.1, -0.05) is 17.8 Å². The lowest BCUT2D eigenvalue weighted by Gasteiger charge is -2.08. The maximum absolute atomic E-state index is 5.74. The van der Waals surface area contributed by atoms with E-state index in [1.807, 2.05) is 47.0 Å². The lowest BCUT2D eigenvalue weighted by atomic mass is 10.3. The molecule has 6 nitrogen and oxygen atoms in total. The molecule has 0 bridgehead atoms. The zero-order valence-corrected chi connectivity index (χ0v) is 15.4. The van der Waals surface area contributed by atoms with E-state index in [0.29, 0.717) is 24.7 Å². The van der Waals surface area contributed by atoms with Crippen molar-refractivity contribution in [1.82, 2.24) is 14.8 Å². The molecule has 26 heavy (non-hydrogen) atoms. The van der Waals surface area contributed by atoms with Crippen LogP contribution in [0.3, 0.4) is 0 Å². The summed E-state index contributed by atoms with van der Waals surface area (Å²) in [6.07, 6.45) is 4.35. The molecule has 0 spiro atoms. The third-order valence-corrected chi connectivity index (χ3v) is 4.67. The fraction of sp³-hybridized carbons (Fsp3) is 0.263. The summed E-state index contributed by atoms with van der Waals surface area (Å²) in [6.45, 7) is 5.08. The normalized spacial score (nSPS) is 10.7. The molecule has 0 aliphatic heterocycles. The van der Waals surface area contributed by atoms with E-state index in [2.05, 4.69) is 16.8 Å². The van der Waals surface area contributed by atoms with Gasteiger partial charge in [0.15, 0.2) is 10.9 Å². The van der Waals surface area contributed by atoms with Gasteiger partial charge in [-0.3, -0.25) is 4.57 Å². The Kier molecular flexibility index (Phi) is 6.38. The minimum absolute atomic E-state index is 0.633. The first-order chi connectivity index (χ1) is 12.8.